The second-order valence-electron chi connectivity index (χ2n) is 4.02. The summed E-state index contributed by atoms with van der Waals surface area (Å²) < 4.78 is 0. The predicted octanol–water partition coefficient (Wildman–Crippen LogP) is 2.43. The third-order valence-corrected chi connectivity index (χ3v) is 3.27. The molecule has 0 aromatic heterocycles. The quantitative estimate of drug-likeness (QED) is 0.637. The Morgan fingerprint density at radius 3 is 2.43 bits per heavy atom. The van der Waals surface area contributed by atoms with Gasteiger partial charge in [-0.05, 0) is 18.6 Å². The molecule has 1 atom stereocenters. The summed E-state index contributed by atoms with van der Waals surface area (Å²) >= 11 is 11.6. The highest BCUT2D eigenvalue weighted by molar-refractivity contribution is 6.43. The number of benzene rings is 1. The third kappa shape index (κ3) is 5.49. The first-order valence-corrected chi connectivity index (χ1v) is 6.53. The van der Waals surface area contributed by atoms with Crippen molar-refractivity contribution in [2.75, 3.05) is 5.32 Å². The van der Waals surface area contributed by atoms with Crippen molar-refractivity contribution in [3.8, 4) is 0 Å². The van der Waals surface area contributed by atoms with Crippen LogP contribution in [0.3, 0.4) is 0 Å². The van der Waals surface area contributed by atoms with E-state index >= 15 is 0 Å². The van der Waals surface area contributed by atoms with Crippen LogP contribution >= 0.6 is 23.2 Å². The summed E-state index contributed by atoms with van der Waals surface area (Å²) in [5.41, 5.74) is 0.212. The molecule has 0 aliphatic rings. The Morgan fingerprint density at radius 1 is 1.19 bits per heavy atom. The zero-order valence-electron chi connectivity index (χ0n) is 10.6. The van der Waals surface area contributed by atoms with E-state index in [0.717, 1.165) is 0 Å². The van der Waals surface area contributed by atoms with E-state index in [9.17, 15) is 14.4 Å². The number of amides is 2. The van der Waals surface area contributed by atoms with E-state index in [1.807, 2.05) is 0 Å². The first kappa shape index (κ1) is 17.1. The van der Waals surface area contributed by atoms with Crippen LogP contribution < -0.4 is 10.6 Å². The van der Waals surface area contributed by atoms with Crippen LogP contribution in [0.1, 0.15) is 12.8 Å². The fraction of sp³-hybridized carbons (Fsp3) is 0.250. The van der Waals surface area contributed by atoms with Crippen LogP contribution in [0.25, 0.3) is 0 Å². The van der Waals surface area contributed by atoms with Crippen LogP contribution in [0.5, 0.6) is 0 Å². The fourth-order valence-corrected chi connectivity index (χ4v) is 1.79. The summed E-state index contributed by atoms with van der Waals surface area (Å²) in [5, 5.41) is 22.3. The maximum Gasteiger partial charge on any atom is 0.326 e. The van der Waals surface area contributed by atoms with Gasteiger partial charge in [-0.15, -0.1) is 0 Å². The van der Waals surface area contributed by atoms with Gasteiger partial charge in [-0.2, -0.15) is 0 Å². The molecule has 1 aromatic rings. The van der Waals surface area contributed by atoms with E-state index in [1.54, 1.807) is 6.07 Å². The molecule has 0 radical (unpaired) electrons. The van der Waals surface area contributed by atoms with Crippen LogP contribution in [0.4, 0.5) is 10.5 Å². The van der Waals surface area contributed by atoms with Gasteiger partial charge in [-0.25, -0.2) is 9.59 Å². The average Bonchev–Trinajstić information content (AvgIpc) is 2.39. The molecule has 2 amide bonds. The van der Waals surface area contributed by atoms with E-state index in [-0.39, 0.29) is 28.6 Å². The molecule has 0 spiro atoms. The number of urea groups is 1. The van der Waals surface area contributed by atoms with Gasteiger partial charge < -0.3 is 20.8 Å². The zero-order valence-corrected chi connectivity index (χ0v) is 12.1. The summed E-state index contributed by atoms with van der Waals surface area (Å²) in [5.74, 6) is -2.48. The van der Waals surface area contributed by atoms with Gasteiger partial charge in [0.25, 0.3) is 0 Å². The highest BCUT2D eigenvalue weighted by atomic mass is 35.5. The lowest BCUT2D eigenvalue weighted by atomic mass is 10.1. The Hall–Kier alpha value is -1.99. The lowest BCUT2D eigenvalue weighted by Crippen LogP contribution is -2.43. The summed E-state index contributed by atoms with van der Waals surface area (Å²) in [6, 6.07) is 2.43. The summed E-state index contributed by atoms with van der Waals surface area (Å²) in [6.45, 7) is 0. The van der Waals surface area contributed by atoms with Gasteiger partial charge >= 0.3 is 18.0 Å². The normalized spacial score (nSPS) is 11.5. The monoisotopic (exact) mass is 334 g/mol. The zero-order chi connectivity index (χ0) is 16.0. The van der Waals surface area contributed by atoms with E-state index in [4.69, 9.17) is 33.4 Å². The molecule has 0 aliphatic carbocycles. The molecule has 1 unspecified atom stereocenters. The van der Waals surface area contributed by atoms with Crippen molar-refractivity contribution >= 4 is 46.9 Å². The summed E-state index contributed by atoms with van der Waals surface area (Å²) in [7, 11) is 0. The fourth-order valence-electron chi connectivity index (χ4n) is 1.44. The minimum atomic E-state index is -1.33. The van der Waals surface area contributed by atoms with Crippen molar-refractivity contribution in [3.63, 3.8) is 0 Å². The highest BCUT2D eigenvalue weighted by Crippen LogP contribution is 2.29. The summed E-state index contributed by atoms with van der Waals surface area (Å²) in [4.78, 5) is 33.1. The Balaban J connectivity index is 2.67. The third-order valence-electron chi connectivity index (χ3n) is 2.45. The van der Waals surface area contributed by atoms with E-state index in [0.29, 0.717) is 0 Å². The molecular formula is C12H12Cl2N2O5. The lowest BCUT2D eigenvalue weighted by molar-refractivity contribution is -0.140. The number of carbonyl (C=O) groups is 3. The van der Waals surface area contributed by atoms with E-state index in [1.165, 1.54) is 12.1 Å². The standard InChI is InChI=1S/C12H12Cl2N2O5/c13-6-2-1-3-7(10(6)14)15-12(21)16-8(11(19)20)4-5-9(17)18/h1-3,8H,4-5H2,(H,17,18)(H,19,20)(H2,15,16,21). The Morgan fingerprint density at radius 2 is 1.86 bits per heavy atom. The van der Waals surface area contributed by atoms with Crippen LogP contribution in [0, 0.1) is 0 Å². The Kier molecular flexibility index (Phi) is 6.26. The van der Waals surface area contributed by atoms with Crippen molar-refractivity contribution in [2.24, 2.45) is 0 Å². The molecular weight excluding hydrogens is 323 g/mol. The molecule has 1 rings (SSSR count). The van der Waals surface area contributed by atoms with Gasteiger partial charge in [0.1, 0.15) is 6.04 Å². The molecule has 0 aliphatic heterocycles. The largest absolute Gasteiger partial charge is 0.481 e. The number of rotatable bonds is 6. The van der Waals surface area contributed by atoms with Gasteiger partial charge in [0.15, 0.2) is 0 Å². The van der Waals surface area contributed by atoms with Gasteiger partial charge in [0.2, 0.25) is 0 Å². The molecule has 0 heterocycles. The molecule has 7 nitrogen and oxygen atoms in total. The van der Waals surface area contributed by atoms with E-state index in [2.05, 4.69) is 10.6 Å². The van der Waals surface area contributed by atoms with E-state index < -0.39 is 24.0 Å². The van der Waals surface area contributed by atoms with Gasteiger partial charge in [0.05, 0.1) is 15.7 Å². The topological polar surface area (TPSA) is 116 Å². The minimum Gasteiger partial charge on any atom is -0.481 e. The van der Waals surface area contributed by atoms with Crippen LogP contribution in [0.2, 0.25) is 10.0 Å². The predicted molar refractivity (Wildman–Crippen MR) is 76.9 cm³/mol. The van der Waals surface area contributed by atoms with Crippen molar-refractivity contribution in [3.05, 3.63) is 28.2 Å². The second kappa shape index (κ2) is 7.70. The van der Waals surface area contributed by atoms with Gasteiger partial charge in [-0.3, -0.25) is 4.79 Å². The van der Waals surface area contributed by atoms with Gasteiger partial charge in [0, 0.05) is 6.42 Å². The average molecular weight is 335 g/mol. The molecule has 21 heavy (non-hydrogen) atoms. The minimum absolute atomic E-state index is 0.117. The number of hydrogen-bond acceptors (Lipinski definition) is 3. The molecule has 9 heteroatoms. The lowest BCUT2D eigenvalue weighted by Gasteiger charge is -2.15. The first-order valence-electron chi connectivity index (χ1n) is 5.77. The number of anilines is 1. The number of carboxylic acid groups (broad SMARTS) is 2. The smallest absolute Gasteiger partial charge is 0.326 e. The number of carboxylic acids is 2. The Labute approximate surface area is 129 Å². The number of hydrogen-bond donors (Lipinski definition) is 4. The second-order valence-corrected chi connectivity index (χ2v) is 4.81. The van der Waals surface area contributed by atoms with Crippen molar-refractivity contribution in [2.45, 2.75) is 18.9 Å². The number of aliphatic carboxylic acids is 2. The molecule has 0 bridgehead atoms. The van der Waals surface area contributed by atoms with Crippen molar-refractivity contribution < 1.29 is 24.6 Å². The summed E-state index contributed by atoms with van der Waals surface area (Å²) in [6.07, 6.45) is -0.615. The van der Waals surface area contributed by atoms with Crippen LogP contribution in [-0.4, -0.2) is 34.2 Å². The van der Waals surface area contributed by atoms with Crippen molar-refractivity contribution in [1.82, 2.24) is 5.32 Å². The molecule has 1 aromatic carbocycles. The van der Waals surface area contributed by atoms with Gasteiger partial charge in [-0.1, -0.05) is 29.3 Å². The maximum atomic E-state index is 11.7. The maximum absolute atomic E-state index is 11.7. The van der Waals surface area contributed by atoms with Crippen LogP contribution in [0.15, 0.2) is 18.2 Å². The van der Waals surface area contributed by atoms with Crippen LogP contribution in [-0.2, 0) is 9.59 Å². The van der Waals surface area contributed by atoms with Crippen molar-refractivity contribution in [1.29, 1.82) is 0 Å². The SMILES string of the molecule is O=C(O)CCC(NC(=O)Nc1cccc(Cl)c1Cl)C(=O)O. The molecule has 0 saturated heterocycles. The molecule has 4 N–H and O–H groups in total. The molecule has 114 valence electrons. The first-order chi connectivity index (χ1) is 9.81. The number of carbonyl (C=O) groups excluding carboxylic acids is 1. The number of nitrogens with one attached hydrogen (secondary N) is 2. The molecule has 0 saturated carbocycles. The highest BCUT2D eigenvalue weighted by Gasteiger charge is 2.21. The molecule has 0 fully saturated rings. The number of halogens is 2. The Bertz CT molecular complexity index is 565.